The Morgan fingerprint density at radius 1 is 1.53 bits per heavy atom. The van der Waals surface area contributed by atoms with E-state index < -0.39 is 0 Å². The van der Waals surface area contributed by atoms with Gasteiger partial charge in [0.15, 0.2) is 0 Å². The van der Waals surface area contributed by atoms with Crippen LogP contribution >= 0.6 is 27.5 Å². The fraction of sp³-hybridized carbons (Fsp3) is 0.400. The van der Waals surface area contributed by atoms with E-state index in [1.165, 1.54) is 0 Å². The van der Waals surface area contributed by atoms with E-state index in [2.05, 4.69) is 44.7 Å². The standard InChI is InChI=1S/C10H11BrClN3/c1-3-5(2)9-14-8(12)7-6(11)4-13-10(7)15-9/h4-5H,3H2,1-2H3,(H,13,14,15)/t5-/m0/s1. The van der Waals surface area contributed by atoms with Gasteiger partial charge in [-0.15, -0.1) is 0 Å². The highest BCUT2D eigenvalue weighted by Gasteiger charge is 2.13. The average Bonchev–Trinajstić information content (AvgIpc) is 2.59. The first kappa shape index (κ1) is 10.9. The minimum absolute atomic E-state index is 0.328. The van der Waals surface area contributed by atoms with Crippen molar-refractivity contribution < 1.29 is 0 Å². The largest absolute Gasteiger partial charge is 0.345 e. The molecule has 0 unspecified atom stereocenters. The molecule has 0 radical (unpaired) electrons. The molecule has 0 aliphatic rings. The van der Waals surface area contributed by atoms with Gasteiger partial charge in [0.2, 0.25) is 0 Å². The Morgan fingerprint density at radius 3 is 2.93 bits per heavy atom. The molecule has 0 saturated heterocycles. The smallest absolute Gasteiger partial charge is 0.143 e. The fourth-order valence-corrected chi connectivity index (χ4v) is 2.25. The number of aromatic amines is 1. The third kappa shape index (κ3) is 1.88. The zero-order chi connectivity index (χ0) is 11.0. The first-order valence-corrected chi connectivity index (χ1v) is 6.00. The lowest BCUT2D eigenvalue weighted by molar-refractivity contribution is 0.682. The van der Waals surface area contributed by atoms with Crippen LogP contribution in [0.1, 0.15) is 32.0 Å². The van der Waals surface area contributed by atoms with Crippen molar-refractivity contribution in [3.63, 3.8) is 0 Å². The van der Waals surface area contributed by atoms with E-state index in [9.17, 15) is 0 Å². The van der Waals surface area contributed by atoms with Gasteiger partial charge in [0.1, 0.15) is 16.6 Å². The highest BCUT2D eigenvalue weighted by atomic mass is 79.9. The summed E-state index contributed by atoms with van der Waals surface area (Å²) in [6, 6.07) is 0. The molecule has 0 aromatic carbocycles. The van der Waals surface area contributed by atoms with Crippen molar-refractivity contribution in [2.75, 3.05) is 0 Å². The SMILES string of the molecule is CC[C@H](C)c1nc(Cl)c2c(Br)c[nH]c2n1. The molecule has 2 rings (SSSR count). The summed E-state index contributed by atoms with van der Waals surface area (Å²) in [5, 5.41) is 1.35. The Kier molecular flexibility index (Phi) is 2.98. The molecule has 0 aliphatic heterocycles. The zero-order valence-electron chi connectivity index (χ0n) is 8.51. The monoisotopic (exact) mass is 287 g/mol. The van der Waals surface area contributed by atoms with Crippen molar-refractivity contribution in [2.24, 2.45) is 0 Å². The molecule has 5 heteroatoms. The third-order valence-corrected chi connectivity index (χ3v) is 3.41. The number of nitrogens with one attached hydrogen (secondary N) is 1. The van der Waals surface area contributed by atoms with Crippen LogP contribution in [0.2, 0.25) is 5.15 Å². The minimum Gasteiger partial charge on any atom is -0.345 e. The van der Waals surface area contributed by atoms with E-state index in [1.807, 2.05) is 6.20 Å². The van der Waals surface area contributed by atoms with Crippen molar-refractivity contribution in [1.82, 2.24) is 15.0 Å². The number of hydrogen-bond acceptors (Lipinski definition) is 2. The van der Waals surface area contributed by atoms with E-state index in [4.69, 9.17) is 11.6 Å². The maximum Gasteiger partial charge on any atom is 0.143 e. The highest BCUT2D eigenvalue weighted by molar-refractivity contribution is 9.10. The molecule has 2 heterocycles. The molecular weight excluding hydrogens is 277 g/mol. The lowest BCUT2D eigenvalue weighted by Crippen LogP contribution is -2.00. The van der Waals surface area contributed by atoms with Gasteiger partial charge in [0.05, 0.1) is 5.39 Å². The number of aromatic nitrogens is 3. The van der Waals surface area contributed by atoms with Gasteiger partial charge in [-0.25, -0.2) is 9.97 Å². The second kappa shape index (κ2) is 4.10. The van der Waals surface area contributed by atoms with E-state index in [1.54, 1.807) is 0 Å². The van der Waals surface area contributed by atoms with Crippen LogP contribution in [0.5, 0.6) is 0 Å². The van der Waals surface area contributed by atoms with E-state index in [-0.39, 0.29) is 0 Å². The molecule has 0 saturated carbocycles. The van der Waals surface area contributed by atoms with Crippen molar-refractivity contribution in [3.8, 4) is 0 Å². The molecule has 3 nitrogen and oxygen atoms in total. The molecule has 0 fully saturated rings. The molecule has 80 valence electrons. The first-order valence-electron chi connectivity index (χ1n) is 4.83. The maximum atomic E-state index is 6.11. The van der Waals surface area contributed by atoms with Crippen LogP contribution in [0.3, 0.4) is 0 Å². The summed E-state index contributed by atoms with van der Waals surface area (Å²) in [7, 11) is 0. The summed E-state index contributed by atoms with van der Waals surface area (Å²) in [4.78, 5) is 11.8. The van der Waals surface area contributed by atoms with Gasteiger partial charge < -0.3 is 4.98 Å². The molecule has 2 aromatic heterocycles. The van der Waals surface area contributed by atoms with Gasteiger partial charge in [0, 0.05) is 16.6 Å². The van der Waals surface area contributed by atoms with Crippen molar-refractivity contribution >= 4 is 38.6 Å². The van der Waals surface area contributed by atoms with Crippen LogP contribution in [0.4, 0.5) is 0 Å². The van der Waals surface area contributed by atoms with Crippen LogP contribution in [0, 0.1) is 0 Å². The summed E-state index contributed by atoms with van der Waals surface area (Å²) >= 11 is 9.51. The summed E-state index contributed by atoms with van der Waals surface area (Å²) in [5.41, 5.74) is 0.789. The Bertz CT molecular complexity index is 495. The Balaban J connectivity index is 2.63. The molecular formula is C10H11BrClN3. The summed E-state index contributed by atoms with van der Waals surface area (Å²) < 4.78 is 0.901. The highest BCUT2D eigenvalue weighted by Crippen LogP contribution is 2.29. The zero-order valence-corrected chi connectivity index (χ0v) is 10.9. The number of hydrogen-bond donors (Lipinski definition) is 1. The number of nitrogens with zero attached hydrogens (tertiary/aromatic N) is 2. The van der Waals surface area contributed by atoms with E-state index >= 15 is 0 Å². The van der Waals surface area contributed by atoms with Gasteiger partial charge >= 0.3 is 0 Å². The molecule has 0 spiro atoms. The maximum absolute atomic E-state index is 6.11. The Hall–Kier alpha value is -0.610. The second-order valence-electron chi connectivity index (χ2n) is 3.54. The minimum atomic E-state index is 0.328. The van der Waals surface area contributed by atoms with Crippen molar-refractivity contribution in [2.45, 2.75) is 26.2 Å². The predicted molar refractivity (Wildman–Crippen MR) is 65.3 cm³/mol. The third-order valence-electron chi connectivity index (χ3n) is 2.51. The van der Waals surface area contributed by atoms with Crippen molar-refractivity contribution in [1.29, 1.82) is 0 Å². The lowest BCUT2D eigenvalue weighted by Gasteiger charge is -2.07. The first-order chi connectivity index (χ1) is 7.13. The lowest BCUT2D eigenvalue weighted by atomic mass is 10.1. The topological polar surface area (TPSA) is 41.6 Å². The Labute approximate surface area is 101 Å². The van der Waals surface area contributed by atoms with Gasteiger partial charge in [-0.05, 0) is 22.4 Å². The fourth-order valence-electron chi connectivity index (χ4n) is 1.37. The number of halogens is 2. The normalized spacial score (nSPS) is 13.3. The quantitative estimate of drug-likeness (QED) is 0.852. The van der Waals surface area contributed by atoms with E-state index in [0.29, 0.717) is 11.1 Å². The van der Waals surface area contributed by atoms with Crippen LogP contribution in [-0.4, -0.2) is 15.0 Å². The summed E-state index contributed by atoms with van der Waals surface area (Å²) in [6.45, 7) is 4.20. The van der Waals surface area contributed by atoms with Gasteiger partial charge in [-0.2, -0.15) is 0 Å². The van der Waals surface area contributed by atoms with Crippen molar-refractivity contribution in [3.05, 3.63) is 21.6 Å². The molecule has 1 atom stereocenters. The predicted octanol–water partition coefficient (Wildman–Crippen LogP) is 3.89. The van der Waals surface area contributed by atoms with Gasteiger partial charge in [-0.3, -0.25) is 0 Å². The van der Waals surface area contributed by atoms with Crippen LogP contribution < -0.4 is 0 Å². The van der Waals surface area contributed by atoms with Crippen LogP contribution in [0.25, 0.3) is 11.0 Å². The van der Waals surface area contributed by atoms with Crippen LogP contribution in [-0.2, 0) is 0 Å². The van der Waals surface area contributed by atoms with Gasteiger partial charge in [0.25, 0.3) is 0 Å². The van der Waals surface area contributed by atoms with E-state index in [0.717, 1.165) is 27.8 Å². The molecule has 0 bridgehead atoms. The second-order valence-corrected chi connectivity index (χ2v) is 4.75. The molecule has 0 amide bonds. The number of rotatable bonds is 2. The number of H-pyrrole nitrogens is 1. The summed E-state index contributed by atoms with van der Waals surface area (Å²) in [6.07, 6.45) is 2.83. The van der Waals surface area contributed by atoms with Crippen LogP contribution in [0.15, 0.2) is 10.7 Å². The molecule has 2 aromatic rings. The molecule has 0 aliphatic carbocycles. The molecule has 15 heavy (non-hydrogen) atoms. The average molecular weight is 289 g/mol. The number of fused-ring (bicyclic) bond motifs is 1. The summed E-state index contributed by atoms with van der Waals surface area (Å²) in [5.74, 6) is 1.12. The Morgan fingerprint density at radius 2 is 2.27 bits per heavy atom. The van der Waals surface area contributed by atoms with Gasteiger partial charge in [-0.1, -0.05) is 25.4 Å². The molecule has 1 N–H and O–H groups in total.